The summed E-state index contributed by atoms with van der Waals surface area (Å²) in [4.78, 5) is 12.1. The molecule has 3 heteroatoms. The zero-order valence-electron chi connectivity index (χ0n) is 12.5. The van der Waals surface area contributed by atoms with Crippen LogP contribution in [0.3, 0.4) is 0 Å². The predicted molar refractivity (Wildman–Crippen MR) is 81.4 cm³/mol. The highest BCUT2D eigenvalue weighted by molar-refractivity contribution is 5.92. The molecule has 1 unspecified atom stereocenters. The molecule has 0 radical (unpaired) electrons. The lowest BCUT2D eigenvalue weighted by atomic mass is 9.97. The standard InChI is InChI=1S/C16H26N2O/c1-5-13(10-17)9-15(19)18-16-12(4)7-6-8-14(16)11(2)3/h6-8,11,13H,5,9-10,17H2,1-4H3,(H,18,19). The first-order valence-electron chi connectivity index (χ1n) is 7.09. The fourth-order valence-electron chi connectivity index (χ4n) is 2.19. The fourth-order valence-corrected chi connectivity index (χ4v) is 2.19. The van der Waals surface area contributed by atoms with E-state index in [0.29, 0.717) is 18.9 Å². The van der Waals surface area contributed by atoms with Crippen LogP contribution in [0.2, 0.25) is 0 Å². The maximum atomic E-state index is 12.1. The number of benzene rings is 1. The second-order valence-corrected chi connectivity index (χ2v) is 5.46. The van der Waals surface area contributed by atoms with Crippen molar-refractivity contribution >= 4 is 11.6 Å². The van der Waals surface area contributed by atoms with Gasteiger partial charge in [-0.25, -0.2) is 0 Å². The van der Waals surface area contributed by atoms with Crippen molar-refractivity contribution in [2.24, 2.45) is 11.7 Å². The van der Waals surface area contributed by atoms with E-state index in [1.165, 1.54) is 5.56 Å². The molecule has 0 aliphatic rings. The number of amides is 1. The number of anilines is 1. The first kappa shape index (κ1) is 15.7. The van der Waals surface area contributed by atoms with Crippen LogP contribution in [0, 0.1) is 12.8 Å². The van der Waals surface area contributed by atoms with Gasteiger partial charge < -0.3 is 11.1 Å². The van der Waals surface area contributed by atoms with Crippen LogP contribution in [0.4, 0.5) is 5.69 Å². The Kier molecular flexibility index (Phi) is 6.03. The van der Waals surface area contributed by atoms with Crippen molar-refractivity contribution in [1.29, 1.82) is 0 Å². The summed E-state index contributed by atoms with van der Waals surface area (Å²) in [6.45, 7) is 8.94. The zero-order valence-corrected chi connectivity index (χ0v) is 12.5. The van der Waals surface area contributed by atoms with E-state index in [9.17, 15) is 4.79 Å². The van der Waals surface area contributed by atoms with Crippen LogP contribution in [0.15, 0.2) is 18.2 Å². The summed E-state index contributed by atoms with van der Waals surface area (Å²) in [6, 6.07) is 6.14. The minimum atomic E-state index is 0.0634. The van der Waals surface area contributed by atoms with Crippen LogP contribution in [-0.2, 0) is 4.79 Å². The summed E-state index contributed by atoms with van der Waals surface area (Å²) in [6.07, 6.45) is 1.44. The molecular formula is C16H26N2O. The van der Waals surface area contributed by atoms with Crippen molar-refractivity contribution in [3.8, 4) is 0 Å². The van der Waals surface area contributed by atoms with Crippen molar-refractivity contribution in [3.63, 3.8) is 0 Å². The molecule has 0 fully saturated rings. The second-order valence-electron chi connectivity index (χ2n) is 5.46. The quantitative estimate of drug-likeness (QED) is 0.825. The molecule has 1 rings (SSSR count). The molecule has 0 saturated carbocycles. The summed E-state index contributed by atoms with van der Waals surface area (Å²) in [5.74, 6) is 0.728. The molecule has 1 aromatic rings. The highest BCUT2D eigenvalue weighted by Gasteiger charge is 2.14. The van der Waals surface area contributed by atoms with E-state index in [1.54, 1.807) is 0 Å². The Hall–Kier alpha value is -1.35. The zero-order chi connectivity index (χ0) is 14.4. The van der Waals surface area contributed by atoms with E-state index in [2.05, 4.69) is 32.2 Å². The molecule has 3 nitrogen and oxygen atoms in total. The highest BCUT2D eigenvalue weighted by Crippen LogP contribution is 2.27. The Morgan fingerprint density at radius 1 is 1.37 bits per heavy atom. The molecule has 0 heterocycles. The molecule has 106 valence electrons. The minimum absolute atomic E-state index is 0.0634. The Balaban J connectivity index is 2.84. The van der Waals surface area contributed by atoms with Gasteiger partial charge in [0, 0.05) is 12.1 Å². The van der Waals surface area contributed by atoms with Gasteiger partial charge in [0.15, 0.2) is 0 Å². The van der Waals surface area contributed by atoms with Gasteiger partial charge in [0.1, 0.15) is 0 Å². The molecule has 1 amide bonds. The third-order valence-electron chi connectivity index (χ3n) is 3.58. The van der Waals surface area contributed by atoms with Crippen LogP contribution in [-0.4, -0.2) is 12.5 Å². The molecule has 0 aliphatic heterocycles. The fraction of sp³-hybridized carbons (Fsp3) is 0.562. The topological polar surface area (TPSA) is 55.1 Å². The number of nitrogens with two attached hydrogens (primary N) is 1. The monoisotopic (exact) mass is 262 g/mol. The third kappa shape index (κ3) is 4.35. The number of rotatable bonds is 6. The van der Waals surface area contributed by atoms with Gasteiger partial charge in [0.2, 0.25) is 5.91 Å². The molecule has 1 atom stereocenters. The molecule has 0 bridgehead atoms. The van der Waals surface area contributed by atoms with Crippen LogP contribution in [0.25, 0.3) is 0 Å². The van der Waals surface area contributed by atoms with Gasteiger partial charge in [-0.3, -0.25) is 4.79 Å². The maximum absolute atomic E-state index is 12.1. The van der Waals surface area contributed by atoms with Crippen molar-refractivity contribution in [2.75, 3.05) is 11.9 Å². The molecule has 0 aliphatic carbocycles. The Morgan fingerprint density at radius 3 is 2.58 bits per heavy atom. The number of carbonyl (C=O) groups excluding carboxylic acids is 1. The van der Waals surface area contributed by atoms with Crippen molar-refractivity contribution < 1.29 is 4.79 Å². The molecule has 3 N–H and O–H groups in total. The van der Waals surface area contributed by atoms with Crippen molar-refractivity contribution in [1.82, 2.24) is 0 Å². The molecular weight excluding hydrogens is 236 g/mol. The van der Waals surface area contributed by atoms with Gasteiger partial charge in [-0.2, -0.15) is 0 Å². The Labute approximate surface area is 116 Å². The highest BCUT2D eigenvalue weighted by atomic mass is 16.1. The minimum Gasteiger partial charge on any atom is -0.330 e. The van der Waals surface area contributed by atoms with Gasteiger partial charge in [0.25, 0.3) is 0 Å². The summed E-state index contributed by atoms with van der Waals surface area (Å²) < 4.78 is 0. The van der Waals surface area contributed by atoms with E-state index in [0.717, 1.165) is 17.7 Å². The van der Waals surface area contributed by atoms with Gasteiger partial charge in [-0.05, 0) is 36.4 Å². The lowest BCUT2D eigenvalue weighted by Crippen LogP contribution is -2.22. The normalized spacial score (nSPS) is 12.5. The van der Waals surface area contributed by atoms with E-state index < -0.39 is 0 Å². The summed E-state index contributed by atoms with van der Waals surface area (Å²) in [5.41, 5.74) is 8.92. The number of aryl methyl sites for hydroxylation is 1. The number of para-hydroxylation sites is 1. The van der Waals surface area contributed by atoms with Gasteiger partial charge in [0.05, 0.1) is 0 Å². The summed E-state index contributed by atoms with van der Waals surface area (Å²) in [5, 5.41) is 3.06. The van der Waals surface area contributed by atoms with E-state index in [4.69, 9.17) is 5.73 Å². The van der Waals surface area contributed by atoms with Gasteiger partial charge in [-0.15, -0.1) is 0 Å². The van der Waals surface area contributed by atoms with E-state index in [-0.39, 0.29) is 11.8 Å². The predicted octanol–water partition coefficient (Wildman–Crippen LogP) is 3.43. The molecule has 0 aromatic heterocycles. The largest absolute Gasteiger partial charge is 0.330 e. The van der Waals surface area contributed by atoms with Gasteiger partial charge >= 0.3 is 0 Å². The van der Waals surface area contributed by atoms with E-state index >= 15 is 0 Å². The lowest BCUT2D eigenvalue weighted by Gasteiger charge is -2.18. The van der Waals surface area contributed by atoms with Crippen molar-refractivity contribution in [2.45, 2.75) is 46.5 Å². The first-order chi connectivity index (χ1) is 8.99. The second kappa shape index (κ2) is 7.29. The number of carbonyl (C=O) groups is 1. The smallest absolute Gasteiger partial charge is 0.224 e. The molecule has 1 aromatic carbocycles. The summed E-state index contributed by atoms with van der Waals surface area (Å²) in [7, 11) is 0. The summed E-state index contributed by atoms with van der Waals surface area (Å²) >= 11 is 0. The molecule has 0 spiro atoms. The van der Waals surface area contributed by atoms with E-state index in [1.807, 2.05) is 19.1 Å². The number of hydrogen-bond donors (Lipinski definition) is 2. The van der Waals surface area contributed by atoms with Gasteiger partial charge in [-0.1, -0.05) is 45.4 Å². The first-order valence-corrected chi connectivity index (χ1v) is 7.09. The van der Waals surface area contributed by atoms with Crippen LogP contribution in [0.5, 0.6) is 0 Å². The molecule has 0 saturated heterocycles. The third-order valence-corrected chi connectivity index (χ3v) is 3.58. The number of nitrogens with one attached hydrogen (secondary N) is 1. The van der Waals surface area contributed by atoms with Crippen LogP contribution in [0.1, 0.15) is 50.7 Å². The van der Waals surface area contributed by atoms with Crippen LogP contribution >= 0.6 is 0 Å². The lowest BCUT2D eigenvalue weighted by molar-refractivity contribution is -0.117. The Bertz CT molecular complexity index is 423. The maximum Gasteiger partial charge on any atom is 0.224 e. The molecule has 19 heavy (non-hydrogen) atoms. The average molecular weight is 262 g/mol. The SMILES string of the molecule is CCC(CN)CC(=O)Nc1c(C)cccc1C(C)C. The Morgan fingerprint density at radius 2 is 2.05 bits per heavy atom. The van der Waals surface area contributed by atoms with Crippen molar-refractivity contribution in [3.05, 3.63) is 29.3 Å². The average Bonchev–Trinajstić information content (AvgIpc) is 2.38. The van der Waals surface area contributed by atoms with Crippen LogP contribution < -0.4 is 11.1 Å². The number of hydrogen-bond acceptors (Lipinski definition) is 2.